The van der Waals surface area contributed by atoms with E-state index in [1.54, 1.807) is 18.3 Å². The predicted octanol–water partition coefficient (Wildman–Crippen LogP) is 1.60. The van der Waals surface area contributed by atoms with Crippen molar-refractivity contribution in [3.8, 4) is 0 Å². The quantitative estimate of drug-likeness (QED) is 0.733. The molecule has 1 atom stereocenters. The van der Waals surface area contributed by atoms with E-state index in [4.69, 9.17) is 0 Å². The molecule has 1 heterocycles. The van der Waals surface area contributed by atoms with Gasteiger partial charge in [-0.25, -0.2) is 0 Å². The summed E-state index contributed by atoms with van der Waals surface area (Å²) < 4.78 is 0. The normalized spacial score (nSPS) is 22.3. The highest BCUT2D eigenvalue weighted by Gasteiger charge is 2.25. The van der Waals surface area contributed by atoms with Gasteiger partial charge in [-0.15, -0.1) is 0 Å². The van der Waals surface area contributed by atoms with Gasteiger partial charge in [0.15, 0.2) is 0 Å². The van der Waals surface area contributed by atoms with Crippen LogP contribution in [0.1, 0.15) is 37.2 Å². The zero-order chi connectivity index (χ0) is 9.97. The van der Waals surface area contributed by atoms with Gasteiger partial charge in [-0.2, -0.15) is 0 Å². The summed E-state index contributed by atoms with van der Waals surface area (Å²) in [7, 11) is 0. The number of H-pyrrole nitrogens is 1. The second kappa shape index (κ2) is 3.78. The molecule has 0 radical (unpaired) electrons. The third kappa shape index (κ3) is 1.62. The fourth-order valence-corrected chi connectivity index (χ4v) is 2.02. The second-order valence-electron chi connectivity index (χ2n) is 3.72. The zero-order valence-corrected chi connectivity index (χ0v) is 7.95. The first-order valence-corrected chi connectivity index (χ1v) is 4.99. The van der Waals surface area contributed by atoms with E-state index in [0.29, 0.717) is 12.0 Å². The summed E-state index contributed by atoms with van der Waals surface area (Å²) >= 11 is 0. The Bertz CT molecular complexity index is 394. The Morgan fingerprint density at radius 3 is 2.86 bits per heavy atom. The van der Waals surface area contributed by atoms with E-state index in [1.165, 1.54) is 0 Å². The molecule has 3 heteroatoms. The van der Waals surface area contributed by atoms with E-state index in [0.717, 1.165) is 19.3 Å². The van der Waals surface area contributed by atoms with Crippen molar-refractivity contribution in [3.05, 3.63) is 34.2 Å². The van der Waals surface area contributed by atoms with E-state index in [-0.39, 0.29) is 17.3 Å². The molecule has 14 heavy (non-hydrogen) atoms. The molecule has 74 valence electrons. The number of carbonyl (C=O) groups is 1. The van der Waals surface area contributed by atoms with Crippen LogP contribution in [0.3, 0.4) is 0 Å². The molecule has 1 aromatic heterocycles. The van der Waals surface area contributed by atoms with Crippen LogP contribution < -0.4 is 5.56 Å². The highest BCUT2D eigenvalue weighted by atomic mass is 16.1. The van der Waals surface area contributed by atoms with Crippen molar-refractivity contribution in [2.75, 3.05) is 0 Å². The maximum atomic E-state index is 11.6. The second-order valence-corrected chi connectivity index (χ2v) is 3.72. The molecule has 1 aliphatic rings. The lowest BCUT2D eigenvalue weighted by Gasteiger charge is -2.19. The predicted molar refractivity (Wildman–Crippen MR) is 53.3 cm³/mol. The average Bonchev–Trinajstić information content (AvgIpc) is 2.20. The summed E-state index contributed by atoms with van der Waals surface area (Å²) in [5.41, 5.74) is 0.518. The van der Waals surface area contributed by atoms with Crippen molar-refractivity contribution in [1.29, 1.82) is 0 Å². The Kier molecular flexibility index (Phi) is 2.48. The number of aromatic nitrogens is 1. The number of pyridine rings is 1. The van der Waals surface area contributed by atoms with E-state index in [9.17, 15) is 9.59 Å². The Morgan fingerprint density at radius 1 is 1.29 bits per heavy atom. The van der Waals surface area contributed by atoms with Crippen molar-refractivity contribution in [2.45, 2.75) is 31.6 Å². The molecule has 1 unspecified atom stereocenters. The minimum absolute atomic E-state index is 0.118. The Balaban J connectivity index is 2.34. The highest BCUT2D eigenvalue weighted by Crippen LogP contribution is 2.27. The summed E-state index contributed by atoms with van der Waals surface area (Å²) in [6.07, 6.45) is 5.06. The molecule has 0 spiro atoms. The van der Waals surface area contributed by atoms with Crippen LogP contribution in [0.4, 0.5) is 0 Å². The fraction of sp³-hybridized carbons (Fsp3) is 0.455. The van der Waals surface area contributed by atoms with Gasteiger partial charge in [0.2, 0.25) is 0 Å². The van der Waals surface area contributed by atoms with Gasteiger partial charge in [0.25, 0.3) is 5.56 Å². The zero-order valence-electron chi connectivity index (χ0n) is 7.95. The molecule has 0 amide bonds. The van der Waals surface area contributed by atoms with Gasteiger partial charge in [0, 0.05) is 24.1 Å². The van der Waals surface area contributed by atoms with Crippen LogP contribution in [0.5, 0.6) is 0 Å². The highest BCUT2D eigenvalue weighted by molar-refractivity contribution is 5.86. The standard InChI is InChI=1S/C11H13NO2/c13-10-6-2-1-4-8(10)9-5-3-7-12-11(9)14/h3,5,7-8H,1-2,4,6H2,(H,12,14). The topological polar surface area (TPSA) is 49.9 Å². The minimum Gasteiger partial charge on any atom is -0.329 e. The lowest BCUT2D eigenvalue weighted by molar-refractivity contribution is -0.121. The fourth-order valence-electron chi connectivity index (χ4n) is 2.02. The molecule has 3 nitrogen and oxygen atoms in total. The summed E-state index contributed by atoms with van der Waals surface area (Å²) in [4.78, 5) is 25.7. The lowest BCUT2D eigenvalue weighted by Crippen LogP contribution is -2.24. The van der Waals surface area contributed by atoms with Crippen molar-refractivity contribution in [2.24, 2.45) is 0 Å². The van der Waals surface area contributed by atoms with Gasteiger partial charge in [0.1, 0.15) is 5.78 Å². The van der Waals surface area contributed by atoms with Crippen LogP contribution in [0, 0.1) is 0 Å². The molecule has 1 aliphatic carbocycles. The molecule has 1 N–H and O–H groups in total. The van der Waals surface area contributed by atoms with Crippen molar-refractivity contribution in [1.82, 2.24) is 4.98 Å². The first-order valence-electron chi connectivity index (χ1n) is 4.99. The van der Waals surface area contributed by atoms with Gasteiger partial charge < -0.3 is 4.98 Å². The van der Waals surface area contributed by atoms with Crippen LogP contribution in [0.15, 0.2) is 23.1 Å². The molecule has 0 aromatic carbocycles. The molecular formula is C11H13NO2. The van der Waals surface area contributed by atoms with Crippen molar-refractivity contribution < 1.29 is 4.79 Å². The van der Waals surface area contributed by atoms with Gasteiger partial charge in [-0.3, -0.25) is 9.59 Å². The van der Waals surface area contributed by atoms with Crippen molar-refractivity contribution >= 4 is 5.78 Å². The summed E-state index contributed by atoms with van der Waals surface area (Å²) in [6.45, 7) is 0. The number of ketones is 1. The SMILES string of the molecule is O=C1CCCCC1c1ccc[nH]c1=O. The first-order chi connectivity index (χ1) is 6.79. The Hall–Kier alpha value is -1.38. The molecule has 2 rings (SSSR count). The van der Waals surface area contributed by atoms with E-state index in [1.807, 2.05) is 0 Å². The first kappa shape index (κ1) is 9.19. The van der Waals surface area contributed by atoms with Gasteiger partial charge in [-0.05, 0) is 18.9 Å². The summed E-state index contributed by atoms with van der Waals surface area (Å²) in [5.74, 6) is 0.0571. The van der Waals surface area contributed by atoms with Crippen LogP contribution in [0.25, 0.3) is 0 Å². The molecule has 0 bridgehead atoms. The van der Waals surface area contributed by atoms with Crippen LogP contribution >= 0.6 is 0 Å². The number of carbonyl (C=O) groups excluding carboxylic acids is 1. The largest absolute Gasteiger partial charge is 0.329 e. The smallest absolute Gasteiger partial charge is 0.251 e. The molecule has 0 aliphatic heterocycles. The van der Waals surface area contributed by atoms with Crippen LogP contribution in [-0.2, 0) is 4.79 Å². The Labute approximate surface area is 82.2 Å². The number of hydrogen-bond acceptors (Lipinski definition) is 2. The molecule has 0 saturated heterocycles. The third-order valence-corrected chi connectivity index (χ3v) is 2.78. The Morgan fingerprint density at radius 2 is 2.14 bits per heavy atom. The number of aromatic amines is 1. The van der Waals surface area contributed by atoms with E-state index < -0.39 is 0 Å². The van der Waals surface area contributed by atoms with Crippen LogP contribution in [0.2, 0.25) is 0 Å². The van der Waals surface area contributed by atoms with Crippen LogP contribution in [-0.4, -0.2) is 10.8 Å². The number of rotatable bonds is 1. The maximum Gasteiger partial charge on any atom is 0.251 e. The van der Waals surface area contributed by atoms with Gasteiger partial charge in [0.05, 0.1) is 0 Å². The van der Waals surface area contributed by atoms with E-state index in [2.05, 4.69) is 4.98 Å². The number of Topliss-reactive ketones (excluding diaryl/α,β-unsaturated/α-hetero) is 1. The van der Waals surface area contributed by atoms with Crippen molar-refractivity contribution in [3.63, 3.8) is 0 Å². The third-order valence-electron chi connectivity index (χ3n) is 2.78. The lowest BCUT2D eigenvalue weighted by atomic mass is 9.83. The summed E-state index contributed by atoms with van der Waals surface area (Å²) in [6, 6.07) is 3.53. The van der Waals surface area contributed by atoms with Gasteiger partial charge >= 0.3 is 0 Å². The molecule has 1 fully saturated rings. The molecule has 1 saturated carbocycles. The van der Waals surface area contributed by atoms with E-state index >= 15 is 0 Å². The molecular weight excluding hydrogens is 178 g/mol. The monoisotopic (exact) mass is 191 g/mol. The minimum atomic E-state index is -0.159. The summed E-state index contributed by atoms with van der Waals surface area (Å²) in [5, 5.41) is 0. The maximum absolute atomic E-state index is 11.6. The number of nitrogens with one attached hydrogen (secondary N) is 1. The molecule has 1 aromatic rings. The number of hydrogen-bond donors (Lipinski definition) is 1. The van der Waals surface area contributed by atoms with Gasteiger partial charge in [-0.1, -0.05) is 12.5 Å². The average molecular weight is 191 g/mol.